The van der Waals surface area contributed by atoms with Gasteiger partial charge in [0, 0.05) is 66.6 Å². The Balaban J connectivity index is 1.06. The van der Waals surface area contributed by atoms with Crippen molar-refractivity contribution in [2.75, 3.05) is 72.4 Å². The van der Waals surface area contributed by atoms with Crippen LogP contribution >= 0.6 is 11.6 Å². The molecule has 2 aliphatic heterocycles. The molecule has 64 heavy (non-hydrogen) atoms. The minimum absolute atomic E-state index is 0.197. The van der Waals surface area contributed by atoms with Gasteiger partial charge in [-0.25, -0.2) is 4.79 Å². The van der Waals surface area contributed by atoms with Gasteiger partial charge in [-0.2, -0.15) is 5.10 Å². The molecule has 2 aromatic heterocycles. The highest BCUT2D eigenvalue weighted by atomic mass is 35.5. The first-order valence-corrected chi connectivity index (χ1v) is 22.8. The summed E-state index contributed by atoms with van der Waals surface area (Å²) in [4.78, 5) is 43.3. The molecular weight excluding hydrogens is 834 g/mol. The zero-order chi connectivity index (χ0) is 45.5. The van der Waals surface area contributed by atoms with Gasteiger partial charge >= 0.3 is 5.97 Å². The number of amides is 2. The maximum atomic E-state index is 14.4. The number of benzene rings is 3. The van der Waals surface area contributed by atoms with E-state index in [1.54, 1.807) is 24.3 Å². The van der Waals surface area contributed by atoms with Crippen LogP contribution < -0.4 is 4.74 Å². The van der Waals surface area contributed by atoms with Crippen molar-refractivity contribution in [3.63, 3.8) is 0 Å². The minimum Gasteiger partial charge on any atom is -0.494 e. The van der Waals surface area contributed by atoms with E-state index in [0.717, 1.165) is 86.9 Å². The van der Waals surface area contributed by atoms with Crippen LogP contribution in [0.3, 0.4) is 0 Å². The van der Waals surface area contributed by atoms with E-state index in [1.807, 2.05) is 58.4 Å². The normalized spacial score (nSPS) is 14.5. The fourth-order valence-corrected chi connectivity index (χ4v) is 8.86. The number of aryl methyl sites for hydroxylation is 5. The van der Waals surface area contributed by atoms with Gasteiger partial charge in [-0.15, -0.1) is 0 Å². The van der Waals surface area contributed by atoms with Gasteiger partial charge in [0.2, 0.25) is 0 Å². The second-order valence-electron chi connectivity index (χ2n) is 17.6. The molecule has 0 radical (unpaired) electrons. The van der Waals surface area contributed by atoms with Crippen molar-refractivity contribution >= 4 is 40.3 Å². The maximum Gasteiger partial charge on any atom is 0.355 e. The quantitative estimate of drug-likeness (QED) is 0.0427. The Hall–Kier alpha value is -5.05. The van der Waals surface area contributed by atoms with E-state index in [-0.39, 0.29) is 30.9 Å². The maximum absolute atomic E-state index is 14.4. The highest BCUT2D eigenvalue weighted by molar-refractivity contribution is 6.32. The van der Waals surface area contributed by atoms with Crippen LogP contribution in [-0.4, -0.2) is 120 Å². The number of hydrogen-bond acceptors (Lipinski definition) is 10. The van der Waals surface area contributed by atoms with Crippen LogP contribution in [0.4, 0.5) is 0 Å². The van der Waals surface area contributed by atoms with E-state index >= 15 is 0 Å². The van der Waals surface area contributed by atoms with Crippen LogP contribution in [0, 0.1) is 27.7 Å². The van der Waals surface area contributed by atoms with E-state index in [4.69, 9.17) is 40.4 Å². The lowest BCUT2D eigenvalue weighted by Crippen LogP contribution is -2.38. The lowest BCUT2D eigenvalue weighted by Gasteiger charge is -2.27. The van der Waals surface area contributed by atoms with Crippen LogP contribution in [0.15, 0.2) is 54.6 Å². The third kappa shape index (κ3) is 10.7. The second kappa shape index (κ2) is 20.8. The van der Waals surface area contributed by atoms with Crippen molar-refractivity contribution in [2.45, 2.75) is 86.4 Å². The molecule has 0 saturated carbocycles. The molecule has 2 aliphatic rings. The summed E-state index contributed by atoms with van der Waals surface area (Å²) >= 11 is 6.44. The number of nitrogens with zero attached hydrogens (tertiary/aromatic N) is 5. The molecule has 5 aromatic rings. The third-order valence-electron chi connectivity index (χ3n) is 11.8. The number of fused-ring (bicyclic) bond motifs is 2. The Kier molecular flexibility index (Phi) is 15.3. The Labute approximate surface area is 381 Å². The second-order valence-corrected chi connectivity index (χ2v) is 18.0. The highest BCUT2D eigenvalue weighted by Crippen LogP contribution is 2.39. The van der Waals surface area contributed by atoms with Gasteiger partial charge in [0.1, 0.15) is 17.0 Å². The van der Waals surface area contributed by atoms with Crippen molar-refractivity contribution in [3.8, 4) is 16.9 Å². The average Bonchev–Trinajstić information content (AvgIpc) is 3.83. The van der Waals surface area contributed by atoms with Gasteiger partial charge in [-0.1, -0.05) is 41.9 Å². The van der Waals surface area contributed by atoms with Crippen molar-refractivity contribution in [3.05, 3.63) is 105 Å². The third-order valence-corrected chi connectivity index (χ3v) is 12.4. The molecule has 0 bridgehead atoms. The number of halogens is 1. The summed E-state index contributed by atoms with van der Waals surface area (Å²) in [6, 6.07) is 17.1. The molecule has 0 spiro atoms. The smallest absolute Gasteiger partial charge is 0.355 e. The zero-order valence-corrected chi connectivity index (χ0v) is 39.1. The van der Waals surface area contributed by atoms with Crippen molar-refractivity contribution in [1.29, 1.82) is 0 Å². The summed E-state index contributed by atoms with van der Waals surface area (Å²) in [6.07, 6.45) is 2.03. The minimum atomic E-state index is -0.689. The number of esters is 1. The van der Waals surface area contributed by atoms with Gasteiger partial charge in [0.25, 0.3) is 11.8 Å². The van der Waals surface area contributed by atoms with Gasteiger partial charge < -0.3 is 28.3 Å². The molecule has 3 aromatic carbocycles. The average molecular weight is 897 g/mol. The van der Waals surface area contributed by atoms with E-state index < -0.39 is 5.60 Å². The first kappa shape index (κ1) is 46.9. The van der Waals surface area contributed by atoms with Crippen LogP contribution in [0.2, 0.25) is 5.02 Å². The number of carbonyl (C=O) groups is 3. The molecule has 2 amide bonds. The standard InChI is InChI=1S/C50H62ClN5O8/c1-33-31-37(32-34(2)44(33)51)63-25-11-17-39-38-15-10-16-42(45(38)54(20-19-53-21-26-61-27-22-53)46(39)49(59)64-50(5,6)7)43-35(3)52-56(36(43)4)18-12-24-60-29-30-62-28-23-55-47(57)40-13-8-9-14-41(40)48(55)58/h8-10,13-16,31-32H,11-12,17-30H2,1-7H3. The van der Waals surface area contributed by atoms with Crippen molar-refractivity contribution in [2.24, 2.45) is 0 Å². The molecule has 0 atom stereocenters. The molecule has 14 heteroatoms. The fraction of sp³-hybridized carbons (Fsp3) is 0.480. The van der Waals surface area contributed by atoms with Crippen molar-refractivity contribution < 1.29 is 38.1 Å². The van der Waals surface area contributed by atoms with E-state index in [2.05, 4.69) is 34.6 Å². The first-order valence-electron chi connectivity index (χ1n) is 22.5. The lowest BCUT2D eigenvalue weighted by molar-refractivity contribution is 0.00535. The number of hydrogen-bond donors (Lipinski definition) is 0. The number of ether oxygens (including phenoxy) is 5. The summed E-state index contributed by atoms with van der Waals surface area (Å²) in [7, 11) is 0. The molecule has 7 rings (SSSR count). The lowest BCUT2D eigenvalue weighted by atomic mass is 9.98. The molecule has 1 saturated heterocycles. The first-order chi connectivity index (χ1) is 30.7. The van der Waals surface area contributed by atoms with Gasteiger partial charge in [0.05, 0.1) is 68.5 Å². The Bertz CT molecular complexity index is 2420. The number of imide groups is 1. The van der Waals surface area contributed by atoms with E-state index in [1.165, 1.54) is 4.90 Å². The largest absolute Gasteiger partial charge is 0.494 e. The number of carbonyl (C=O) groups excluding carboxylic acids is 3. The van der Waals surface area contributed by atoms with Crippen molar-refractivity contribution in [1.82, 2.24) is 24.1 Å². The molecule has 4 heterocycles. The van der Waals surface area contributed by atoms with Gasteiger partial charge in [-0.3, -0.25) is 24.1 Å². The summed E-state index contributed by atoms with van der Waals surface area (Å²) in [5, 5.41) is 6.78. The molecule has 0 unspecified atom stereocenters. The van der Waals surface area contributed by atoms with Gasteiger partial charge in [0.15, 0.2) is 0 Å². The van der Waals surface area contributed by atoms with Gasteiger partial charge in [-0.05, 0) is 109 Å². The fourth-order valence-electron chi connectivity index (χ4n) is 8.75. The molecule has 1 fully saturated rings. The molecule has 13 nitrogen and oxygen atoms in total. The number of aromatic nitrogens is 3. The zero-order valence-electron chi connectivity index (χ0n) is 38.4. The van der Waals surface area contributed by atoms with E-state index in [9.17, 15) is 14.4 Å². The number of para-hydroxylation sites is 1. The molecular formula is C50H62ClN5O8. The summed E-state index contributed by atoms with van der Waals surface area (Å²) in [6.45, 7) is 21.0. The van der Waals surface area contributed by atoms with E-state index in [0.29, 0.717) is 82.4 Å². The van der Waals surface area contributed by atoms with Crippen LogP contribution in [0.25, 0.3) is 22.0 Å². The summed E-state index contributed by atoms with van der Waals surface area (Å²) in [5.41, 5.74) is 8.66. The SMILES string of the molecule is Cc1cc(OCCCc2c(C(=O)OC(C)(C)C)n(CCN3CCOCC3)c3c(-c4c(C)nn(CCCOCCOCCN5C(=O)c6ccccc6C5=O)c4C)cccc23)cc(C)c1Cl. The Morgan fingerprint density at radius 3 is 2.11 bits per heavy atom. The molecule has 0 N–H and O–H groups in total. The highest BCUT2D eigenvalue weighted by Gasteiger charge is 2.35. The summed E-state index contributed by atoms with van der Waals surface area (Å²) in [5.74, 6) is -0.126. The van der Waals surface area contributed by atoms with Crippen LogP contribution in [0.5, 0.6) is 5.75 Å². The van der Waals surface area contributed by atoms with Crippen LogP contribution in [-0.2, 0) is 38.5 Å². The topological polar surface area (TPSA) is 127 Å². The van der Waals surface area contributed by atoms with Crippen LogP contribution in [0.1, 0.15) is 92.9 Å². The Morgan fingerprint density at radius 1 is 0.781 bits per heavy atom. The number of morpholine rings is 1. The predicted octanol–water partition coefficient (Wildman–Crippen LogP) is 8.41. The number of rotatable bonds is 20. The molecule has 0 aliphatic carbocycles. The summed E-state index contributed by atoms with van der Waals surface area (Å²) < 4.78 is 33.9. The molecule has 342 valence electrons. The Morgan fingerprint density at radius 2 is 1.44 bits per heavy atom. The monoisotopic (exact) mass is 895 g/mol. The predicted molar refractivity (Wildman–Crippen MR) is 248 cm³/mol.